The molecule has 35 heavy (non-hydrogen) atoms. The largest absolute Gasteiger partial charge is 0.387 e. The second-order valence-electron chi connectivity index (χ2n) is 8.17. The molecule has 176 valence electrons. The van der Waals surface area contributed by atoms with Crippen LogP contribution in [0, 0.1) is 0 Å². The maximum atomic E-state index is 12.8. The number of H-pyrrole nitrogens is 6. The number of nitrogens with one attached hydrogen (secondary N) is 6. The van der Waals surface area contributed by atoms with Crippen LogP contribution in [-0.4, -0.2) is 70.5 Å². The summed E-state index contributed by atoms with van der Waals surface area (Å²) in [6, 6.07) is 0. The fourth-order valence-corrected chi connectivity index (χ4v) is 4.65. The van der Waals surface area contributed by atoms with E-state index in [1.807, 2.05) is 0 Å². The number of rotatable bonds is 9. The van der Waals surface area contributed by atoms with Crippen LogP contribution in [0.15, 0.2) is 68.2 Å². The van der Waals surface area contributed by atoms with Gasteiger partial charge in [0.05, 0.1) is 6.20 Å². The highest BCUT2D eigenvalue weighted by Crippen LogP contribution is 2.46. The summed E-state index contributed by atoms with van der Waals surface area (Å²) >= 11 is 0. The van der Waals surface area contributed by atoms with Crippen LogP contribution in [0.25, 0.3) is 11.5 Å². The van der Waals surface area contributed by atoms with E-state index in [4.69, 9.17) is 4.98 Å². The van der Waals surface area contributed by atoms with Crippen molar-refractivity contribution in [3.63, 3.8) is 0 Å². The number of nitrogens with zero attached hydrogens (tertiary/aromatic N) is 6. The first-order valence-electron chi connectivity index (χ1n) is 10.9. The van der Waals surface area contributed by atoms with Crippen molar-refractivity contribution in [2.75, 3.05) is 0 Å². The van der Waals surface area contributed by atoms with Crippen molar-refractivity contribution >= 4 is 0 Å². The van der Waals surface area contributed by atoms with Crippen molar-refractivity contribution in [1.82, 2.24) is 59.8 Å². The molecule has 0 atom stereocenters. The Labute approximate surface area is 198 Å². The lowest BCUT2D eigenvalue weighted by Gasteiger charge is -2.43. The molecule has 0 aromatic carbocycles. The fraction of sp³-hybridized carbons (Fsp3) is 0.182. The molecule has 0 aliphatic rings. The Balaban J connectivity index is 1.63. The summed E-state index contributed by atoms with van der Waals surface area (Å²) in [5.41, 5.74) is -2.38. The monoisotopic (exact) mass is 470 g/mol. The Kier molecular flexibility index (Phi) is 4.88. The van der Waals surface area contributed by atoms with Gasteiger partial charge in [-0.1, -0.05) is 0 Å². The first-order valence-corrected chi connectivity index (χ1v) is 10.9. The molecule has 0 fully saturated rings. The van der Waals surface area contributed by atoms with Crippen molar-refractivity contribution in [3.8, 4) is 11.5 Å². The molecule has 7 N–H and O–H groups in total. The molecule has 0 saturated carbocycles. The molecule has 0 radical (unpaired) electrons. The van der Waals surface area contributed by atoms with Gasteiger partial charge in [0.15, 0.2) is 11.2 Å². The quantitative estimate of drug-likeness (QED) is 0.165. The summed E-state index contributed by atoms with van der Waals surface area (Å²) in [7, 11) is 0. The molecule has 6 aromatic rings. The second kappa shape index (κ2) is 8.22. The summed E-state index contributed by atoms with van der Waals surface area (Å²) in [6.07, 6.45) is 18.6. The summed E-state index contributed by atoms with van der Waals surface area (Å²) in [4.78, 5) is 46.1. The molecule has 0 aliphatic carbocycles. The van der Waals surface area contributed by atoms with Crippen LogP contribution in [0.2, 0.25) is 0 Å². The lowest BCUT2D eigenvalue weighted by atomic mass is 9.65. The molecule has 6 aromatic heterocycles. The Morgan fingerprint density at radius 3 is 1.63 bits per heavy atom. The summed E-state index contributed by atoms with van der Waals surface area (Å²) in [5.74, 6) is 3.06. The highest BCUT2D eigenvalue weighted by Gasteiger charge is 2.60. The Hall–Kier alpha value is -4.78. The van der Waals surface area contributed by atoms with Crippen LogP contribution in [-0.2, 0) is 18.3 Å². The fourth-order valence-electron chi connectivity index (χ4n) is 4.65. The van der Waals surface area contributed by atoms with Gasteiger partial charge in [-0.3, -0.25) is 0 Å². The van der Waals surface area contributed by atoms with Crippen LogP contribution in [0.3, 0.4) is 0 Å². The molecule has 6 rings (SSSR count). The van der Waals surface area contributed by atoms with Crippen molar-refractivity contribution in [1.29, 1.82) is 0 Å². The first kappa shape index (κ1) is 20.8. The minimum absolute atomic E-state index is 0.110. The smallest absolute Gasteiger partial charge is 0.172 e. The average molecular weight is 471 g/mol. The van der Waals surface area contributed by atoms with E-state index in [9.17, 15) is 5.11 Å². The van der Waals surface area contributed by atoms with E-state index in [2.05, 4.69) is 54.8 Å². The van der Waals surface area contributed by atoms with E-state index in [-0.39, 0.29) is 12.8 Å². The van der Waals surface area contributed by atoms with Gasteiger partial charge < -0.3 is 35.0 Å². The Morgan fingerprint density at radius 2 is 1.14 bits per heavy atom. The van der Waals surface area contributed by atoms with Gasteiger partial charge >= 0.3 is 0 Å². The Morgan fingerprint density at radius 1 is 0.600 bits per heavy atom. The number of aromatic nitrogens is 12. The van der Waals surface area contributed by atoms with Gasteiger partial charge in [0.25, 0.3) is 0 Å². The molecule has 6 heterocycles. The number of imidazole rings is 6. The van der Waals surface area contributed by atoms with Gasteiger partial charge in [0.2, 0.25) is 0 Å². The normalized spacial score (nSPS) is 12.4. The maximum absolute atomic E-state index is 12.8. The van der Waals surface area contributed by atoms with Crippen LogP contribution < -0.4 is 0 Å². The summed E-state index contributed by atoms with van der Waals surface area (Å²) < 4.78 is 0. The van der Waals surface area contributed by atoms with Crippen LogP contribution in [0.5, 0.6) is 0 Å². The van der Waals surface area contributed by atoms with E-state index in [0.717, 1.165) is 0 Å². The van der Waals surface area contributed by atoms with Crippen molar-refractivity contribution in [2.45, 2.75) is 23.9 Å². The Bertz CT molecular complexity index is 1370. The van der Waals surface area contributed by atoms with E-state index in [1.54, 1.807) is 68.2 Å². The van der Waals surface area contributed by atoms with Crippen LogP contribution in [0.4, 0.5) is 0 Å². The van der Waals surface area contributed by atoms with Crippen molar-refractivity contribution < 1.29 is 5.11 Å². The van der Waals surface area contributed by atoms with E-state index in [0.29, 0.717) is 40.6 Å². The number of hydrogen-bond donors (Lipinski definition) is 7. The van der Waals surface area contributed by atoms with E-state index < -0.39 is 11.0 Å². The molecule has 0 bridgehead atoms. The summed E-state index contributed by atoms with van der Waals surface area (Å²) in [6.45, 7) is 0. The molecule has 0 saturated heterocycles. The lowest BCUT2D eigenvalue weighted by molar-refractivity contribution is -0.0192. The minimum atomic E-state index is -1.61. The molecule has 13 nitrogen and oxygen atoms in total. The van der Waals surface area contributed by atoms with Crippen LogP contribution in [0.1, 0.15) is 29.1 Å². The standard InChI is InChI=1S/C22H22N12O/c35-21(11-15-23-1-2-24-15,12-16-25-3-4-26-16)22(18-29-7-8-30-18,19-31-9-10-32-19)20-33-13-14(34-20)17-27-5-6-28-17/h1-10,13,35H,11-12H2,(H,23,24)(H,25,26)(H,27,28)(H,29,30)(H,31,32)(H,33,34). The highest BCUT2D eigenvalue weighted by molar-refractivity contribution is 5.51. The van der Waals surface area contributed by atoms with E-state index >= 15 is 0 Å². The maximum Gasteiger partial charge on any atom is 0.172 e. The lowest BCUT2D eigenvalue weighted by Crippen LogP contribution is -2.58. The average Bonchev–Trinajstić information content (AvgIpc) is 3.67. The molecule has 13 heteroatoms. The van der Waals surface area contributed by atoms with Gasteiger partial charge in [-0.25, -0.2) is 29.9 Å². The zero-order valence-electron chi connectivity index (χ0n) is 18.4. The third kappa shape index (κ3) is 3.36. The number of hydrogen-bond acceptors (Lipinski definition) is 7. The van der Waals surface area contributed by atoms with Crippen molar-refractivity contribution in [3.05, 3.63) is 97.3 Å². The van der Waals surface area contributed by atoms with Gasteiger partial charge in [-0.05, 0) is 0 Å². The summed E-state index contributed by atoms with van der Waals surface area (Å²) in [5, 5.41) is 12.8. The van der Waals surface area contributed by atoms with Gasteiger partial charge in [0.1, 0.15) is 40.4 Å². The molecule has 0 unspecified atom stereocenters. The molecular weight excluding hydrogens is 448 g/mol. The zero-order chi connectivity index (χ0) is 23.7. The second-order valence-corrected chi connectivity index (χ2v) is 8.17. The van der Waals surface area contributed by atoms with Gasteiger partial charge in [0, 0.05) is 74.8 Å². The molecule has 0 aliphatic heterocycles. The topological polar surface area (TPSA) is 192 Å². The molecule has 0 spiro atoms. The third-order valence-electron chi connectivity index (χ3n) is 6.12. The minimum Gasteiger partial charge on any atom is -0.387 e. The molecule has 0 amide bonds. The van der Waals surface area contributed by atoms with Gasteiger partial charge in [-0.2, -0.15) is 0 Å². The molecular formula is C22H22N12O. The van der Waals surface area contributed by atoms with E-state index in [1.165, 1.54) is 0 Å². The SMILES string of the molecule is OC(Cc1ncc[nH]1)(Cc1ncc[nH]1)C(c1ncc[nH]1)(c1ncc[nH]1)c1ncc(-c2ncc[nH]2)[nH]1. The number of aromatic amines is 6. The zero-order valence-corrected chi connectivity index (χ0v) is 18.4. The van der Waals surface area contributed by atoms with Gasteiger partial charge in [-0.15, -0.1) is 0 Å². The first-order chi connectivity index (χ1) is 17.2. The highest BCUT2D eigenvalue weighted by atomic mass is 16.3. The predicted molar refractivity (Wildman–Crippen MR) is 123 cm³/mol. The predicted octanol–water partition coefficient (Wildman–Crippen LogP) is 1.24. The number of aliphatic hydroxyl groups is 1. The third-order valence-corrected chi connectivity index (χ3v) is 6.12. The van der Waals surface area contributed by atoms with Crippen LogP contribution >= 0.6 is 0 Å². The van der Waals surface area contributed by atoms with Crippen molar-refractivity contribution in [2.24, 2.45) is 0 Å².